The molecule has 23 heavy (non-hydrogen) atoms. The van der Waals surface area contributed by atoms with E-state index in [1.807, 2.05) is 0 Å². The number of esters is 1. The number of hydrogen-bond donors (Lipinski definition) is 0. The van der Waals surface area contributed by atoms with E-state index in [0.717, 1.165) is 16.8 Å². The fourth-order valence-corrected chi connectivity index (χ4v) is 1.31. The maximum Gasteiger partial charge on any atom is 0.343 e. The predicted octanol–water partition coefficient (Wildman–Crippen LogP) is 2.87. The Kier molecular flexibility index (Phi) is 9.82. The van der Waals surface area contributed by atoms with Gasteiger partial charge >= 0.3 is 12.4 Å². The third-order valence-corrected chi connectivity index (χ3v) is 2.42. The zero-order valence-electron chi connectivity index (χ0n) is 13.3. The summed E-state index contributed by atoms with van der Waals surface area (Å²) in [5, 5.41) is 5.03. The lowest BCUT2D eigenvalue weighted by molar-refractivity contribution is -0.141. The van der Waals surface area contributed by atoms with Gasteiger partial charge in [-0.25, -0.2) is 13.6 Å². The number of halogens is 2. The first-order valence-corrected chi connectivity index (χ1v) is 6.80. The van der Waals surface area contributed by atoms with Crippen molar-refractivity contribution in [2.45, 2.75) is 20.3 Å². The van der Waals surface area contributed by atoms with Crippen LogP contribution >= 0.6 is 0 Å². The number of ketones is 1. The average molecular weight is 326 g/mol. The van der Waals surface area contributed by atoms with E-state index in [1.54, 1.807) is 31.2 Å². The molecule has 0 aliphatic heterocycles. The minimum absolute atomic E-state index is 0.0330. The van der Waals surface area contributed by atoms with E-state index in [4.69, 9.17) is 0 Å². The minimum atomic E-state index is -3.30. The normalized spacial score (nSPS) is 13.0. The van der Waals surface area contributed by atoms with Crippen molar-refractivity contribution >= 4 is 18.0 Å². The van der Waals surface area contributed by atoms with Crippen molar-refractivity contribution in [3.63, 3.8) is 0 Å². The van der Waals surface area contributed by atoms with Gasteiger partial charge in [0.15, 0.2) is 0 Å². The number of hydrogen-bond acceptors (Lipinski definition) is 5. The molecule has 0 bridgehead atoms. The number of hydrazone groups is 1. The van der Waals surface area contributed by atoms with Crippen molar-refractivity contribution in [1.29, 1.82) is 0 Å². The molecule has 0 spiro atoms. The largest absolute Gasteiger partial charge is 0.462 e. The second kappa shape index (κ2) is 11.1. The van der Waals surface area contributed by atoms with Crippen LogP contribution in [0.15, 0.2) is 53.3 Å². The Labute approximate surface area is 134 Å². The zero-order valence-corrected chi connectivity index (χ0v) is 13.3. The summed E-state index contributed by atoms with van der Waals surface area (Å²) >= 11 is 0. The van der Waals surface area contributed by atoms with Crippen LogP contribution in [0.4, 0.5) is 8.78 Å². The van der Waals surface area contributed by atoms with Crippen LogP contribution in [-0.2, 0) is 14.3 Å². The van der Waals surface area contributed by atoms with Crippen molar-refractivity contribution in [1.82, 2.24) is 5.01 Å². The first-order chi connectivity index (χ1) is 10.9. The molecular weight excluding hydrogens is 306 g/mol. The first kappa shape index (κ1) is 20.4. The highest BCUT2D eigenvalue weighted by molar-refractivity contribution is 6.18. The SMILES string of the molecule is C=C\C=C/C(/C=N\N(C)/C=C(\C(=O)OCC)C(=O)C(F)F)=C\C. The number of rotatable bonds is 9. The van der Waals surface area contributed by atoms with Crippen LogP contribution in [0.2, 0.25) is 0 Å². The molecule has 0 aromatic heterocycles. The molecule has 0 heterocycles. The van der Waals surface area contributed by atoms with Gasteiger partial charge in [-0.15, -0.1) is 0 Å². The minimum Gasteiger partial charge on any atom is -0.462 e. The highest BCUT2D eigenvalue weighted by Gasteiger charge is 2.27. The molecule has 0 aromatic carbocycles. The van der Waals surface area contributed by atoms with Gasteiger partial charge in [-0.3, -0.25) is 9.80 Å². The number of carbonyl (C=O) groups excluding carboxylic acids is 2. The number of ether oxygens (including phenoxy) is 1. The summed E-state index contributed by atoms with van der Waals surface area (Å²) in [6.07, 6.45) is 5.81. The lowest BCUT2D eigenvalue weighted by atomic mass is 10.2. The summed E-state index contributed by atoms with van der Waals surface area (Å²) in [5.74, 6) is -2.72. The van der Waals surface area contributed by atoms with Gasteiger partial charge in [-0.2, -0.15) is 5.10 Å². The molecule has 5 nitrogen and oxygen atoms in total. The van der Waals surface area contributed by atoms with Crippen LogP contribution in [0.1, 0.15) is 13.8 Å². The Morgan fingerprint density at radius 1 is 1.39 bits per heavy atom. The van der Waals surface area contributed by atoms with Crippen LogP contribution in [0.25, 0.3) is 0 Å². The third kappa shape index (κ3) is 7.85. The molecule has 0 atom stereocenters. The lowest BCUT2D eigenvalue weighted by Crippen LogP contribution is -2.23. The molecule has 0 saturated carbocycles. The zero-order chi connectivity index (χ0) is 17.8. The van der Waals surface area contributed by atoms with Crippen molar-refractivity contribution in [3.05, 3.63) is 48.2 Å². The molecule has 0 radical (unpaired) electrons. The Morgan fingerprint density at radius 2 is 2.04 bits per heavy atom. The average Bonchev–Trinajstić information content (AvgIpc) is 2.52. The summed E-state index contributed by atoms with van der Waals surface area (Å²) in [6.45, 7) is 6.80. The summed E-state index contributed by atoms with van der Waals surface area (Å²) in [7, 11) is 1.40. The van der Waals surface area contributed by atoms with Gasteiger partial charge in [0.25, 0.3) is 0 Å². The van der Waals surface area contributed by atoms with E-state index in [1.165, 1.54) is 20.2 Å². The highest BCUT2D eigenvalue weighted by atomic mass is 19.3. The molecule has 7 heteroatoms. The van der Waals surface area contributed by atoms with E-state index < -0.39 is 23.8 Å². The molecule has 0 rings (SSSR count). The van der Waals surface area contributed by atoms with E-state index in [0.29, 0.717) is 0 Å². The highest BCUT2D eigenvalue weighted by Crippen LogP contribution is 2.09. The van der Waals surface area contributed by atoms with Gasteiger partial charge in [0, 0.05) is 13.2 Å². The second-order valence-corrected chi connectivity index (χ2v) is 4.13. The van der Waals surface area contributed by atoms with Gasteiger partial charge in [0.2, 0.25) is 5.78 Å². The lowest BCUT2D eigenvalue weighted by Gasteiger charge is -2.10. The van der Waals surface area contributed by atoms with Crippen LogP contribution in [0, 0.1) is 0 Å². The summed E-state index contributed by atoms with van der Waals surface area (Å²) in [6, 6.07) is 0. The van der Waals surface area contributed by atoms with Gasteiger partial charge in [0.05, 0.1) is 12.8 Å². The molecule has 0 N–H and O–H groups in total. The summed E-state index contributed by atoms with van der Waals surface area (Å²) in [5.41, 5.74) is -0.0341. The van der Waals surface area contributed by atoms with Crippen molar-refractivity contribution in [3.8, 4) is 0 Å². The van der Waals surface area contributed by atoms with E-state index in [2.05, 4.69) is 16.4 Å². The number of allylic oxidation sites excluding steroid dienone is 5. The molecule has 0 saturated heterocycles. The molecule has 0 aliphatic carbocycles. The second-order valence-electron chi connectivity index (χ2n) is 4.13. The standard InChI is InChI=1S/C16H20F2N2O3/c1-5-8-9-12(6-2)10-19-20(4)11-13(14(21)15(17)18)16(22)23-7-3/h5-6,8-11,15H,1,7H2,2-4H3/b9-8-,12-6+,13-11-,19-10-. The Bertz CT molecular complexity index is 550. The van der Waals surface area contributed by atoms with E-state index in [-0.39, 0.29) is 6.61 Å². The van der Waals surface area contributed by atoms with Gasteiger partial charge < -0.3 is 4.74 Å². The molecule has 0 aromatic rings. The number of carbonyl (C=O) groups is 2. The summed E-state index contributed by atoms with van der Waals surface area (Å²) in [4.78, 5) is 23.0. The van der Waals surface area contributed by atoms with Crippen LogP contribution in [-0.4, -0.2) is 43.1 Å². The van der Waals surface area contributed by atoms with Gasteiger partial charge in [-0.1, -0.05) is 30.9 Å². The number of alkyl halides is 2. The Hall–Kier alpha value is -2.57. The molecule has 0 fully saturated rings. The van der Waals surface area contributed by atoms with Crippen molar-refractivity contribution in [2.75, 3.05) is 13.7 Å². The Morgan fingerprint density at radius 3 is 2.52 bits per heavy atom. The molecule has 0 aliphatic rings. The van der Waals surface area contributed by atoms with E-state index >= 15 is 0 Å². The fraction of sp³-hybridized carbons (Fsp3) is 0.312. The smallest absolute Gasteiger partial charge is 0.343 e. The number of Topliss-reactive ketones (excluding diaryl/α,β-unsaturated/α-hetero) is 1. The predicted molar refractivity (Wildman–Crippen MR) is 85.1 cm³/mol. The molecule has 126 valence electrons. The maximum atomic E-state index is 12.6. The monoisotopic (exact) mass is 326 g/mol. The van der Waals surface area contributed by atoms with Gasteiger partial charge in [-0.05, 0) is 19.4 Å². The first-order valence-electron chi connectivity index (χ1n) is 6.80. The maximum absolute atomic E-state index is 12.6. The third-order valence-electron chi connectivity index (χ3n) is 2.42. The summed E-state index contributed by atoms with van der Waals surface area (Å²) < 4.78 is 29.7. The van der Waals surface area contributed by atoms with Crippen LogP contribution < -0.4 is 0 Å². The van der Waals surface area contributed by atoms with Gasteiger partial charge in [0.1, 0.15) is 5.57 Å². The Balaban J connectivity index is 5.31. The topological polar surface area (TPSA) is 59.0 Å². The fourth-order valence-electron chi connectivity index (χ4n) is 1.31. The molecular formula is C16H20F2N2O3. The van der Waals surface area contributed by atoms with Crippen LogP contribution in [0.5, 0.6) is 0 Å². The van der Waals surface area contributed by atoms with E-state index in [9.17, 15) is 18.4 Å². The van der Waals surface area contributed by atoms with Crippen molar-refractivity contribution in [2.24, 2.45) is 5.10 Å². The number of nitrogens with zero attached hydrogens (tertiary/aromatic N) is 2. The van der Waals surface area contributed by atoms with Crippen LogP contribution in [0.3, 0.4) is 0 Å². The quantitative estimate of drug-likeness (QED) is 0.124. The molecule has 0 amide bonds. The van der Waals surface area contributed by atoms with Crippen molar-refractivity contribution < 1.29 is 23.1 Å². The molecule has 0 unspecified atom stereocenters.